The number of benzene rings is 1. The van der Waals surface area contributed by atoms with E-state index in [0.29, 0.717) is 23.2 Å². The number of nitrogens with two attached hydrogens (primary N) is 1. The first kappa shape index (κ1) is 16.4. The van der Waals surface area contributed by atoms with E-state index in [4.69, 9.17) is 10.7 Å². The van der Waals surface area contributed by atoms with Gasteiger partial charge in [-0.3, -0.25) is 4.99 Å². The largest absolute Gasteiger partial charge is 0.384 e. The Morgan fingerprint density at radius 2 is 1.92 bits per heavy atom. The molecule has 0 spiro atoms. The van der Waals surface area contributed by atoms with Crippen LogP contribution in [-0.4, -0.2) is 23.6 Å². The maximum atomic E-state index is 13.4. The van der Waals surface area contributed by atoms with Gasteiger partial charge in [0, 0.05) is 23.1 Å². The molecule has 7 heteroatoms. The van der Waals surface area contributed by atoms with E-state index in [0.717, 1.165) is 16.0 Å². The van der Waals surface area contributed by atoms with Crippen LogP contribution in [0.15, 0.2) is 63.9 Å². The SMILES string of the molecule is CNC1=Nc2nc(N)ccc2C(c2ccc(F)cc2)=NC1c1cccs1. The molecule has 0 fully saturated rings. The zero-order valence-electron chi connectivity index (χ0n) is 14.0. The first-order chi connectivity index (χ1) is 12.7. The summed E-state index contributed by atoms with van der Waals surface area (Å²) in [5.41, 5.74) is 8.13. The number of nitrogen functional groups attached to an aromatic ring is 1. The van der Waals surface area contributed by atoms with Crippen LogP contribution in [0.2, 0.25) is 0 Å². The van der Waals surface area contributed by atoms with E-state index in [1.165, 1.54) is 12.1 Å². The van der Waals surface area contributed by atoms with Crippen LogP contribution in [0.4, 0.5) is 16.0 Å². The first-order valence-corrected chi connectivity index (χ1v) is 8.94. The number of aromatic nitrogens is 1. The molecule has 0 amide bonds. The quantitative estimate of drug-likeness (QED) is 0.727. The van der Waals surface area contributed by atoms with Gasteiger partial charge in [-0.25, -0.2) is 14.4 Å². The van der Waals surface area contributed by atoms with Crippen LogP contribution in [0.5, 0.6) is 0 Å². The van der Waals surface area contributed by atoms with Crippen molar-refractivity contribution in [2.75, 3.05) is 12.8 Å². The number of hydrogen-bond donors (Lipinski definition) is 2. The van der Waals surface area contributed by atoms with E-state index in [1.54, 1.807) is 29.5 Å². The van der Waals surface area contributed by atoms with Gasteiger partial charge < -0.3 is 11.1 Å². The normalized spacial score (nSPS) is 16.3. The lowest BCUT2D eigenvalue weighted by molar-refractivity contribution is 0.628. The smallest absolute Gasteiger partial charge is 0.165 e. The van der Waals surface area contributed by atoms with Crippen LogP contribution in [0.3, 0.4) is 0 Å². The molecule has 1 atom stereocenters. The number of anilines is 1. The Bertz CT molecular complexity index is 993. The van der Waals surface area contributed by atoms with Gasteiger partial charge in [0.25, 0.3) is 0 Å². The van der Waals surface area contributed by atoms with Crippen molar-refractivity contribution in [3.63, 3.8) is 0 Å². The topological polar surface area (TPSA) is 75.7 Å². The summed E-state index contributed by atoms with van der Waals surface area (Å²) in [6.07, 6.45) is 0. The second kappa shape index (κ2) is 6.68. The molecule has 0 aliphatic carbocycles. The Hall–Kier alpha value is -3.06. The molecule has 1 aliphatic heterocycles. The van der Waals surface area contributed by atoms with Gasteiger partial charge in [0.05, 0.1) is 5.71 Å². The van der Waals surface area contributed by atoms with Crippen LogP contribution in [0.25, 0.3) is 0 Å². The Balaban J connectivity index is 1.96. The van der Waals surface area contributed by atoms with E-state index in [-0.39, 0.29) is 11.9 Å². The summed E-state index contributed by atoms with van der Waals surface area (Å²) in [5, 5.41) is 5.14. The van der Waals surface area contributed by atoms with Crippen molar-refractivity contribution in [3.05, 3.63) is 75.7 Å². The monoisotopic (exact) mass is 365 g/mol. The predicted octanol–water partition coefficient (Wildman–Crippen LogP) is 3.71. The van der Waals surface area contributed by atoms with Crippen LogP contribution < -0.4 is 11.1 Å². The Kier molecular flexibility index (Phi) is 4.22. The van der Waals surface area contributed by atoms with Crippen molar-refractivity contribution in [3.8, 4) is 0 Å². The number of nitrogens with zero attached hydrogens (tertiary/aromatic N) is 3. The lowest BCUT2D eigenvalue weighted by Crippen LogP contribution is -2.24. The molecular formula is C19H16FN5S. The third-order valence-electron chi connectivity index (χ3n) is 4.08. The number of thiophene rings is 1. The third kappa shape index (κ3) is 2.97. The molecule has 0 saturated heterocycles. The maximum absolute atomic E-state index is 13.4. The number of hydrogen-bond acceptors (Lipinski definition) is 6. The van der Waals surface area contributed by atoms with Crippen molar-refractivity contribution in [2.45, 2.75) is 6.04 Å². The van der Waals surface area contributed by atoms with Gasteiger partial charge in [-0.1, -0.05) is 6.07 Å². The van der Waals surface area contributed by atoms with Crippen molar-refractivity contribution >= 4 is 34.5 Å². The molecule has 4 rings (SSSR count). The number of amidine groups is 1. The summed E-state index contributed by atoms with van der Waals surface area (Å²) in [4.78, 5) is 15.1. The lowest BCUT2D eigenvalue weighted by Gasteiger charge is -2.13. The zero-order valence-corrected chi connectivity index (χ0v) is 14.8. The lowest BCUT2D eigenvalue weighted by atomic mass is 10.0. The molecule has 0 radical (unpaired) electrons. The van der Waals surface area contributed by atoms with Gasteiger partial charge in [0.1, 0.15) is 23.5 Å². The summed E-state index contributed by atoms with van der Waals surface area (Å²) in [7, 11) is 1.81. The molecule has 3 N–H and O–H groups in total. The Labute approximate surface area is 154 Å². The van der Waals surface area contributed by atoms with E-state index in [9.17, 15) is 4.39 Å². The van der Waals surface area contributed by atoms with Crippen molar-refractivity contribution in [2.24, 2.45) is 9.98 Å². The van der Waals surface area contributed by atoms with Crippen LogP contribution in [0, 0.1) is 5.82 Å². The number of nitrogens with one attached hydrogen (secondary N) is 1. The van der Waals surface area contributed by atoms with Gasteiger partial charge in [0.2, 0.25) is 0 Å². The van der Waals surface area contributed by atoms with Crippen molar-refractivity contribution < 1.29 is 4.39 Å². The molecule has 3 aromatic rings. The first-order valence-electron chi connectivity index (χ1n) is 8.06. The number of rotatable bonds is 2. The highest BCUT2D eigenvalue weighted by Crippen LogP contribution is 2.32. The third-order valence-corrected chi connectivity index (χ3v) is 5.01. The van der Waals surface area contributed by atoms with Crippen LogP contribution >= 0.6 is 11.3 Å². The average molecular weight is 365 g/mol. The summed E-state index contributed by atoms with van der Waals surface area (Å²) in [6.45, 7) is 0. The number of fused-ring (bicyclic) bond motifs is 1. The molecule has 2 aromatic heterocycles. The highest BCUT2D eigenvalue weighted by atomic mass is 32.1. The maximum Gasteiger partial charge on any atom is 0.165 e. The predicted molar refractivity (Wildman–Crippen MR) is 104 cm³/mol. The van der Waals surface area contributed by atoms with Gasteiger partial charge in [-0.2, -0.15) is 0 Å². The number of halogens is 1. The Morgan fingerprint density at radius 1 is 1.12 bits per heavy atom. The molecule has 130 valence electrons. The minimum Gasteiger partial charge on any atom is -0.384 e. The number of likely N-dealkylation sites (N-methyl/N-ethyl adjacent to an activating group) is 1. The van der Waals surface area contributed by atoms with Gasteiger partial charge >= 0.3 is 0 Å². The van der Waals surface area contributed by atoms with E-state index in [2.05, 4.69) is 15.3 Å². The summed E-state index contributed by atoms with van der Waals surface area (Å²) >= 11 is 1.61. The average Bonchev–Trinajstić information content (AvgIpc) is 3.12. The van der Waals surface area contributed by atoms with Crippen LogP contribution in [-0.2, 0) is 0 Å². The fourth-order valence-electron chi connectivity index (χ4n) is 2.84. The fourth-order valence-corrected chi connectivity index (χ4v) is 3.61. The molecule has 1 unspecified atom stereocenters. The van der Waals surface area contributed by atoms with E-state index >= 15 is 0 Å². The second-order valence-corrected chi connectivity index (χ2v) is 6.74. The second-order valence-electron chi connectivity index (χ2n) is 5.76. The number of pyridine rings is 1. The molecule has 0 saturated carbocycles. The van der Waals surface area contributed by atoms with E-state index in [1.807, 2.05) is 30.6 Å². The molecule has 26 heavy (non-hydrogen) atoms. The summed E-state index contributed by atoms with van der Waals surface area (Å²) in [6, 6.07) is 13.6. The zero-order chi connectivity index (χ0) is 18.1. The summed E-state index contributed by atoms with van der Waals surface area (Å²) < 4.78 is 13.4. The minimum atomic E-state index is -0.296. The van der Waals surface area contributed by atoms with Crippen molar-refractivity contribution in [1.82, 2.24) is 10.3 Å². The fraction of sp³-hybridized carbons (Fsp3) is 0.105. The van der Waals surface area contributed by atoms with Crippen LogP contribution in [0.1, 0.15) is 22.0 Å². The van der Waals surface area contributed by atoms with Crippen molar-refractivity contribution in [1.29, 1.82) is 0 Å². The number of aliphatic imine (C=N–C) groups is 2. The molecule has 0 bridgehead atoms. The summed E-state index contributed by atoms with van der Waals surface area (Å²) in [5.74, 6) is 1.27. The van der Waals surface area contributed by atoms with Gasteiger partial charge in [-0.05, 0) is 47.8 Å². The van der Waals surface area contributed by atoms with E-state index < -0.39 is 0 Å². The molecular weight excluding hydrogens is 349 g/mol. The van der Waals surface area contributed by atoms with Gasteiger partial charge in [0.15, 0.2) is 5.82 Å². The molecule has 3 heterocycles. The van der Waals surface area contributed by atoms with Gasteiger partial charge in [-0.15, -0.1) is 11.3 Å². The Morgan fingerprint density at radius 3 is 2.62 bits per heavy atom. The molecule has 1 aliphatic rings. The highest BCUT2D eigenvalue weighted by Gasteiger charge is 2.25. The molecule has 5 nitrogen and oxygen atoms in total. The molecule has 1 aromatic carbocycles. The standard InChI is InChI=1S/C19H16FN5S/c1-22-19-17(14-3-2-10-26-14)24-16(11-4-6-12(20)7-5-11)13-8-9-15(21)23-18(13)25-19/h2-10,17H,1H3,(H3,21,22,23,25). The highest BCUT2D eigenvalue weighted by molar-refractivity contribution is 7.10. The minimum absolute atomic E-state index is 0.291.